The lowest BCUT2D eigenvalue weighted by Gasteiger charge is -2.09. The number of methoxy groups -OCH3 is 1. The molecule has 0 aliphatic heterocycles. The number of nitrogens with zero attached hydrogens (tertiary/aromatic N) is 1. The van der Waals surface area contributed by atoms with E-state index in [0.29, 0.717) is 32.4 Å². The van der Waals surface area contributed by atoms with Crippen molar-refractivity contribution in [3.63, 3.8) is 0 Å². The normalized spacial score (nSPS) is 10.9. The third kappa shape index (κ3) is 9.83. The molecule has 39 heavy (non-hydrogen) atoms. The number of carbonyl (C=O) groups excluding carboxylic acids is 3. The van der Waals surface area contributed by atoms with E-state index in [2.05, 4.69) is 15.6 Å². The zero-order chi connectivity index (χ0) is 28.1. The van der Waals surface area contributed by atoms with Crippen LogP contribution in [0.4, 0.5) is 4.79 Å². The predicted octanol–water partition coefficient (Wildman–Crippen LogP) is 2.23. The van der Waals surface area contributed by atoms with Crippen LogP contribution < -0.4 is 20.1 Å². The molecule has 1 heterocycles. The van der Waals surface area contributed by atoms with Crippen LogP contribution in [0.5, 0.6) is 5.88 Å². The lowest BCUT2D eigenvalue weighted by Crippen LogP contribution is -2.31. The van der Waals surface area contributed by atoms with E-state index >= 15 is 0 Å². The number of hydrogen-bond acceptors (Lipinski definition) is 8. The number of pyridine rings is 1. The molecule has 0 saturated carbocycles. The van der Waals surface area contributed by atoms with Gasteiger partial charge in [-0.05, 0) is 42.2 Å². The zero-order valence-corrected chi connectivity index (χ0v) is 22.2. The molecule has 2 aromatic carbocycles. The summed E-state index contributed by atoms with van der Waals surface area (Å²) in [5, 5.41) is 5.31. The van der Waals surface area contributed by atoms with Gasteiger partial charge in [0.2, 0.25) is 11.8 Å². The lowest BCUT2D eigenvalue weighted by atomic mass is 10.1. The van der Waals surface area contributed by atoms with Gasteiger partial charge in [-0.25, -0.2) is 22.9 Å². The van der Waals surface area contributed by atoms with E-state index in [9.17, 15) is 22.8 Å². The van der Waals surface area contributed by atoms with Gasteiger partial charge in [0.15, 0.2) is 0 Å². The predicted molar refractivity (Wildman–Crippen MR) is 143 cm³/mol. The minimum Gasteiger partial charge on any atom is -0.391 e. The van der Waals surface area contributed by atoms with Crippen LogP contribution in [0.3, 0.4) is 0 Å². The van der Waals surface area contributed by atoms with Gasteiger partial charge in [0.25, 0.3) is 15.9 Å². The van der Waals surface area contributed by atoms with E-state index in [0.717, 1.165) is 17.3 Å². The highest BCUT2D eigenvalue weighted by Gasteiger charge is 2.19. The summed E-state index contributed by atoms with van der Waals surface area (Å²) in [6, 6.07) is 18.3. The van der Waals surface area contributed by atoms with Crippen molar-refractivity contribution in [2.24, 2.45) is 0 Å². The highest BCUT2D eigenvalue weighted by Crippen LogP contribution is 2.13. The van der Waals surface area contributed by atoms with E-state index in [1.807, 2.05) is 35.1 Å². The van der Waals surface area contributed by atoms with Crippen LogP contribution in [0.1, 0.15) is 27.9 Å². The number of carbonyl (C=O) groups is 3. The fourth-order valence-electron chi connectivity index (χ4n) is 3.37. The van der Waals surface area contributed by atoms with Crippen molar-refractivity contribution in [2.45, 2.75) is 24.2 Å². The van der Waals surface area contributed by atoms with Crippen molar-refractivity contribution in [2.75, 3.05) is 26.8 Å². The second-order valence-electron chi connectivity index (χ2n) is 8.36. The number of amides is 3. The average Bonchev–Trinajstić information content (AvgIpc) is 2.93. The maximum atomic E-state index is 12.7. The quantitative estimate of drug-likeness (QED) is 0.272. The first-order chi connectivity index (χ1) is 18.8. The number of sulfonamides is 1. The van der Waals surface area contributed by atoms with Crippen LogP contribution in [-0.4, -0.2) is 58.1 Å². The summed E-state index contributed by atoms with van der Waals surface area (Å²) in [5.41, 5.74) is 1.89. The van der Waals surface area contributed by atoms with Gasteiger partial charge in [0.05, 0.1) is 17.1 Å². The first-order valence-electron chi connectivity index (χ1n) is 12.1. The highest BCUT2D eigenvalue weighted by molar-refractivity contribution is 7.90. The number of nitrogens with one attached hydrogen (secondary N) is 3. The van der Waals surface area contributed by atoms with E-state index in [-0.39, 0.29) is 28.8 Å². The summed E-state index contributed by atoms with van der Waals surface area (Å²) < 4.78 is 37.1. The van der Waals surface area contributed by atoms with Crippen LogP contribution >= 0.6 is 0 Å². The van der Waals surface area contributed by atoms with Gasteiger partial charge in [0, 0.05) is 38.9 Å². The SMILES string of the molecule is COCCNC(=O)Oc1ccc(C(=O)NS(=O)(=O)c2ccc(CCNC(=O)CCc3ccccc3)cc2)cn1. The molecular formula is C27H30N4O7S. The molecule has 0 unspecified atom stereocenters. The second-order valence-corrected chi connectivity index (χ2v) is 10.0. The van der Waals surface area contributed by atoms with E-state index < -0.39 is 22.0 Å². The van der Waals surface area contributed by atoms with Crippen molar-refractivity contribution in [3.05, 3.63) is 89.6 Å². The third-order valence-corrected chi connectivity index (χ3v) is 6.80. The van der Waals surface area contributed by atoms with Gasteiger partial charge in [0.1, 0.15) is 0 Å². The molecule has 11 nitrogen and oxygen atoms in total. The van der Waals surface area contributed by atoms with E-state index in [4.69, 9.17) is 9.47 Å². The summed E-state index contributed by atoms with van der Waals surface area (Å²) in [4.78, 5) is 39.9. The summed E-state index contributed by atoms with van der Waals surface area (Å²) in [7, 11) is -2.65. The van der Waals surface area contributed by atoms with Crippen LogP contribution in [0.15, 0.2) is 77.8 Å². The zero-order valence-electron chi connectivity index (χ0n) is 21.4. The second kappa shape index (κ2) is 14.6. The van der Waals surface area contributed by atoms with Crippen molar-refractivity contribution in [1.82, 2.24) is 20.3 Å². The molecule has 0 atom stereocenters. The molecule has 3 aromatic rings. The first kappa shape index (κ1) is 29.3. The number of rotatable bonds is 13. The van der Waals surface area contributed by atoms with Crippen molar-refractivity contribution >= 4 is 27.9 Å². The molecule has 3 rings (SSSR count). The van der Waals surface area contributed by atoms with Crippen LogP contribution in [-0.2, 0) is 32.4 Å². The van der Waals surface area contributed by atoms with Crippen LogP contribution in [0.25, 0.3) is 0 Å². The number of hydrogen-bond donors (Lipinski definition) is 3. The van der Waals surface area contributed by atoms with Crippen LogP contribution in [0, 0.1) is 0 Å². The average molecular weight is 555 g/mol. The molecular weight excluding hydrogens is 524 g/mol. The van der Waals surface area contributed by atoms with E-state index in [1.54, 1.807) is 12.1 Å². The van der Waals surface area contributed by atoms with Gasteiger partial charge in [-0.2, -0.15) is 0 Å². The monoisotopic (exact) mass is 554 g/mol. The lowest BCUT2D eigenvalue weighted by molar-refractivity contribution is -0.121. The summed E-state index contributed by atoms with van der Waals surface area (Å²) in [6.07, 6.45) is 1.92. The summed E-state index contributed by atoms with van der Waals surface area (Å²) in [6.45, 7) is 0.977. The molecule has 0 spiro atoms. The first-order valence-corrected chi connectivity index (χ1v) is 13.6. The smallest absolute Gasteiger partial charge is 0.391 e. The largest absolute Gasteiger partial charge is 0.414 e. The molecule has 12 heteroatoms. The molecule has 0 aliphatic carbocycles. The van der Waals surface area contributed by atoms with Gasteiger partial charge in [-0.3, -0.25) is 9.59 Å². The fourth-order valence-corrected chi connectivity index (χ4v) is 4.35. The van der Waals surface area contributed by atoms with Gasteiger partial charge in [-0.1, -0.05) is 42.5 Å². The Bertz CT molecular complexity index is 1350. The van der Waals surface area contributed by atoms with Gasteiger partial charge < -0.3 is 20.1 Å². The molecule has 0 fully saturated rings. The molecule has 0 radical (unpaired) electrons. The molecule has 1 aromatic heterocycles. The van der Waals surface area contributed by atoms with Crippen LogP contribution in [0.2, 0.25) is 0 Å². The topological polar surface area (TPSA) is 153 Å². The summed E-state index contributed by atoms with van der Waals surface area (Å²) >= 11 is 0. The minimum absolute atomic E-state index is 0.0367. The van der Waals surface area contributed by atoms with Gasteiger partial charge >= 0.3 is 6.09 Å². The number of ether oxygens (including phenoxy) is 2. The standard InChI is InChI=1S/C27H30N4O7S/c1-37-18-17-29-27(34)38-25-14-10-22(19-30-25)26(33)31-39(35,36)23-11-7-21(8-12-23)15-16-28-24(32)13-9-20-5-3-2-4-6-20/h2-8,10-12,14,19H,9,13,15-18H2,1H3,(H,28,32)(H,29,34)(H,31,33). The Hall–Kier alpha value is -4.29. The Balaban J connectivity index is 1.45. The highest BCUT2D eigenvalue weighted by atomic mass is 32.2. The molecule has 0 saturated heterocycles. The third-order valence-electron chi connectivity index (χ3n) is 5.45. The Morgan fingerprint density at radius 3 is 2.23 bits per heavy atom. The number of aromatic nitrogens is 1. The Morgan fingerprint density at radius 2 is 1.56 bits per heavy atom. The fraction of sp³-hybridized carbons (Fsp3) is 0.259. The maximum Gasteiger partial charge on any atom is 0.414 e. The van der Waals surface area contributed by atoms with Crippen molar-refractivity contribution in [1.29, 1.82) is 0 Å². The minimum atomic E-state index is -4.14. The van der Waals surface area contributed by atoms with E-state index in [1.165, 1.54) is 31.4 Å². The molecule has 3 N–H and O–H groups in total. The summed E-state index contributed by atoms with van der Waals surface area (Å²) in [5.74, 6) is -1.01. The van der Waals surface area contributed by atoms with Crippen molar-refractivity contribution < 1.29 is 32.3 Å². The van der Waals surface area contributed by atoms with Gasteiger partial charge in [-0.15, -0.1) is 0 Å². The molecule has 206 valence electrons. The Kier molecular flexibility index (Phi) is 11.0. The number of benzene rings is 2. The molecule has 0 aliphatic rings. The Labute approximate surface area is 227 Å². The Morgan fingerprint density at radius 1 is 0.846 bits per heavy atom. The van der Waals surface area contributed by atoms with Crippen molar-refractivity contribution in [3.8, 4) is 5.88 Å². The molecule has 0 bridgehead atoms. The maximum absolute atomic E-state index is 12.7. The number of aryl methyl sites for hydroxylation is 1. The molecule has 3 amide bonds.